The van der Waals surface area contributed by atoms with E-state index in [0.29, 0.717) is 16.8 Å². The Labute approximate surface area is 138 Å². The van der Waals surface area contributed by atoms with E-state index in [0.717, 1.165) is 22.3 Å². The summed E-state index contributed by atoms with van der Waals surface area (Å²) in [6.45, 7) is 2.90. The molecule has 0 amide bonds. The largest absolute Gasteiger partial charge is 0.455 e. The van der Waals surface area contributed by atoms with Crippen molar-refractivity contribution in [2.24, 2.45) is 0 Å². The van der Waals surface area contributed by atoms with Gasteiger partial charge in [-0.15, -0.1) is 0 Å². The lowest BCUT2D eigenvalue weighted by Gasteiger charge is -2.11. The van der Waals surface area contributed by atoms with Crippen molar-refractivity contribution >= 4 is 27.5 Å². The van der Waals surface area contributed by atoms with Gasteiger partial charge in [0.15, 0.2) is 0 Å². The van der Waals surface area contributed by atoms with Crippen molar-refractivity contribution in [2.75, 3.05) is 0 Å². The van der Waals surface area contributed by atoms with Crippen LogP contribution in [0.3, 0.4) is 0 Å². The number of ether oxygens (including phenoxy) is 1. The quantitative estimate of drug-likeness (QED) is 0.759. The van der Waals surface area contributed by atoms with Gasteiger partial charge in [-0.3, -0.25) is 0 Å². The molecule has 3 rings (SSSR count). The lowest BCUT2D eigenvalue weighted by Crippen LogP contribution is -2.15. The normalized spacial score (nSPS) is 14.2. The lowest BCUT2D eigenvalue weighted by atomic mass is 10.2. The minimum atomic E-state index is 0.626. The van der Waals surface area contributed by atoms with Gasteiger partial charge in [-0.2, -0.15) is 0 Å². The molecule has 1 fully saturated rings. The molecule has 1 aliphatic rings. The van der Waals surface area contributed by atoms with E-state index in [9.17, 15) is 0 Å². The van der Waals surface area contributed by atoms with Gasteiger partial charge in [0.05, 0.1) is 9.50 Å². The van der Waals surface area contributed by atoms with Crippen molar-refractivity contribution in [3.05, 3.63) is 57.0 Å². The van der Waals surface area contributed by atoms with E-state index in [4.69, 9.17) is 16.3 Å². The van der Waals surface area contributed by atoms with Crippen LogP contribution in [0.5, 0.6) is 11.5 Å². The molecule has 21 heavy (non-hydrogen) atoms. The highest BCUT2D eigenvalue weighted by Crippen LogP contribution is 2.34. The van der Waals surface area contributed by atoms with Gasteiger partial charge in [0.25, 0.3) is 0 Å². The zero-order chi connectivity index (χ0) is 14.8. The first-order valence-corrected chi connectivity index (χ1v) is 8.25. The third-order valence-electron chi connectivity index (χ3n) is 3.48. The Morgan fingerprint density at radius 2 is 1.95 bits per heavy atom. The van der Waals surface area contributed by atoms with Gasteiger partial charge < -0.3 is 10.1 Å². The molecule has 110 valence electrons. The van der Waals surface area contributed by atoms with Crippen LogP contribution in [-0.2, 0) is 6.54 Å². The summed E-state index contributed by atoms with van der Waals surface area (Å²) in [6, 6.07) is 12.6. The van der Waals surface area contributed by atoms with Crippen molar-refractivity contribution in [1.82, 2.24) is 5.32 Å². The van der Waals surface area contributed by atoms with E-state index in [1.54, 1.807) is 0 Å². The highest BCUT2D eigenvalue weighted by atomic mass is 79.9. The molecule has 0 spiro atoms. The molecule has 0 bridgehead atoms. The minimum Gasteiger partial charge on any atom is -0.455 e. The Hall–Kier alpha value is -1.03. The Bertz CT molecular complexity index is 655. The molecule has 0 aliphatic heterocycles. The van der Waals surface area contributed by atoms with E-state index < -0.39 is 0 Å². The van der Waals surface area contributed by atoms with Crippen LogP contribution in [-0.4, -0.2) is 6.04 Å². The second-order valence-electron chi connectivity index (χ2n) is 5.46. The van der Waals surface area contributed by atoms with Crippen LogP contribution in [0.15, 0.2) is 40.9 Å². The Kier molecular flexibility index (Phi) is 4.53. The van der Waals surface area contributed by atoms with Gasteiger partial charge in [0, 0.05) is 12.6 Å². The van der Waals surface area contributed by atoms with Gasteiger partial charge >= 0.3 is 0 Å². The van der Waals surface area contributed by atoms with Gasteiger partial charge in [0.2, 0.25) is 0 Å². The monoisotopic (exact) mass is 365 g/mol. The number of hydrogen-bond donors (Lipinski definition) is 1. The zero-order valence-corrected chi connectivity index (χ0v) is 14.2. The average Bonchev–Trinajstić information content (AvgIpc) is 3.26. The fraction of sp³-hybridized carbons (Fsp3) is 0.294. The van der Waals surface area contributed by atoms with Crippen molar-refractivity contribution in [3.63, 3.8) is 0 Å². The van der Waals surface area contributed by atoms with E-state index >= 15 is 0 Å². The van der Waals surface area contributed by atoms with E-state index in [2.05, 4.69) is 33.4 Å². The highest BCUT2D eigenvalue weighted by Gasteiger charge is 2.20. The molecule has 0 unspecified atom stereocenters. The first kappa shape index (κ1) is 14.9. The predicted octanol–water partition coefficient (Wildman–Crippen LogP) is 5.46. The molecule has 0 heterocycles. The minimum absolute atomic E-state index is 0.626. The average molecular weight is 367 g/mol. The maximum atomic E-state index is 6.20. The summed E-state index contributed by atoms with van der Waals surface area (Å²) >= 11 is 9.77. The predicted molar refractivity (Wildman–Crippen MR) is 90.3 cm³/mol. The summed E-state index contributed by atoms with van der Waals surface area (Å²) in [6.07, 6.45) is 2.60. The topological polar surface area (TPSA) is 21.3 Å². The molecule has 4 heteroatoms. The maximum absolute atomic E-state index is 6.20. The molecule has 1 aliphatic carbocycles. The van der Waals surface area contributed by atoms with Crippen LogP contribution < -0.4 is 10.1 Å². The van der Waals surface area contributed by atoms with Crippen molar-refractivity contribution in [2.45, 2.75) is 32.4 Å². The number of hydrogen-bond acceptors (Lipinski definition) is 2. The van der Waals surface area contributed by atoms with Crippen LogP contribution in [0, 0.1) is 6.92 Å². The Balaban J connectivity index is 1.72. The molecule has 0 atom stereocenters. The van der Waals surface area contributed by atoms with Gasteiger partial charge in [-0.1, -0.05) is 23.7 Å². The zero-order valence-electron chi connectivity index (χ0n) is 11.8. The summed E-state index contributed by atoms with van der Waals surface area (Å²) in [5.74, 6) is 1.45. The molecule has 2 aromatic rings. The second-order valence-corrected chi connectivity index (χ2v) is 6.72. The highest BCUT2D eigenvalue weighted by molar-refractivity contribution is 9.10. The maximum Gasteiger partial charge on any atom is 0.146 e. The van der Waals surface area contributed by atoms with Gasteiger partial charge in [-0.05, 0) is 71.1 Å². The number of halogens is 2. The molecular formula is C17H17BrClNO. The van der Waals surface area contributed by atoms with E-state index in [-0.39, 0.29) is 0 Å². The first-order chi connectivity index (χ1) is 10.1. The summed E-state index contributed by atoms with van der Waals surface area (Å²) in [5, 5.41) is 4.13. The second kappa shape index (κ2) is 6.39. The van der Waals surface area contributed by atoms with Crippen LogP contribution in [0.25, 0.3) is 0 Å². The summed E-state index contributed by atoms with van der Waals surface area (Å²) in [4.78, 5) is 0. The lowest BCUT2D eigenvalue weighted by molar-refractivity contribution is 0.479. The Morgan fingerprint density at radius 3 is 2.62 bits per heavy atom. The van der Waals surface area contributed by atoms with Gasteiger partial charge in [-0.25, -0.2) is 0 Å². The molecule has 2 aromatic carbocycles. The van der Waals surface area contributed by atoms with Crippen molar-refractivity contribution in [3.8, 4) is 11.5 Å². The summed E-state index contributed by atoms with van der Waals surface area (Å²) < 4.78 is 6.83. The van der Waals surface area contributed by atoms with Crippen molar-refractivity contribution in [1.29, 1.82) is 0 Å². The first-order valence-electron chi connectivity index (χ1n) is 7.07. The van der Waals surface area contributed by atoms with Crippen LogP contribution in [0.4, 0.5) is 0 Å². The van der Waals surface area contributed by atoms with E-state index in [1.165, 1.54) is 18.4 Å². The summed E-state index contributed by atoms with van der Waals surface area (Å²) in [5.41, 5.74) is 2.36. The molecular weight excluding hydrogens is 350 g/mol. The molecule has 0 aromatic heterocycles. The van der Waals surface area contributed by atoms with Crippen molar-refractivity contribution < 1.29 is 4.74 Å². The molecule has 0 saturated heterocycles. The number of nitrogens with one attached hydrogen (secondary N) is 1. The number of rotatable bonds is 5. The molecule has 2 nitrogen and oxygen atoms in total. The SMILES string of the molecule is Cc1ccc(Oc2ccc(CNC3CC3)cc2Br)c(Cl)c1. The standard InChI is InChI=1S/C17H17BrClNO/c1-11-2-6-17(15(19)8-11)21-16-7-3-12(9-14(16)18)10-20-13-4-5-13/h2-3,6-9,13,20H,4-5,10H2,1H3. The third kappa shape index (κ3) is 4.00. The number of aryl methyl sites for hydroxylation is 1. The van der Waals surface area contributed by atoms with Gasteiger partial charge in [0.1, 0.15) is 11.5 Å². The molecule has 1 N–H and O–H groups in total. The fourth-order valence-corrected chi connectivity index (χ4v) is 2.87. The third-order valence-corrected chi connectivity index (χ3v) is 4.39. The summed E-state index contributed by atoms with van der Waals surface area (Å²) in [7, 11) is 0. The van der Waals surface area contributed by atoms with Crippen LogP contribution in [0.1, 0.15) is 24.0 Å². The number of benzene rings is 2. The fourth-order valence-electron chi connectivity index (χ4n) is 2.09. The van der Waals surface area contributed by atoms with Crippen LogP contribution >= 0.6 is 27.5 Å². The molecule has 1 saturated carbocycles. The molecule has 0 radical (unpaired) electrons. The smallest absolute Gasteiger partial charge is 0.146 e. The van der Waals surface area contributed by atoms with Crippen LogP contribution in [0.2, 0.25) is 5.02 Å². The van der Waals surface area contributed by atoms with E-state index in [1.807, 2.05) is 31.2 Å². The Morgan fingerprint density at radius 1 is 1.19 bits per heavy atom.